The number of hydrogen-bond acceptors (Lipinski definition) is 9. The van der Waals surface area contributed by atoms with E-state index < -0.39 is 29.6 Å². The number of rotatable bonds is 9. The predicted molar refractivity (Wildman–Crippen MR) is 130 cm³/mol. The summed E-state index contributed by atoms with van der Waals surface area (Å²) in [6, 6.07) is 19.7. The Morgan fingerprint density at radius 3 is 2.42 bits per heavy atom. The van der Waals surface area contributed by atoms with E-state index in [1.54, 1.807) is 4.57 Å². The highest BCUT2D eigenvalue weighted by atomic mass is 16.6. The summed E-state index contributed by atoms with van der Waals surface area (Å²) in [7, 11) is 1.46. The molecule has 1 aliphatic carbocycles. The van der Waals surface area contributed by atoms with Crippen molar-refractivity contribution in [1.82, 2.24) is 19.5 Å². The first kappa shape index (κ1) is 23.0. The van der Waals surface area contributed by atoms with E-state index in [2.05, 4.69) is 20.3 Å². The molecule has 1 saturated heterocycles. The zero-order valence-electron chi connectivity index (χ0n) is 19.7. The first-order valence-electron chi connectivity index (χ1n) is 11.8. The Morgan fingerprint density at radius 2 is 1.69 bits per heavy atom. The largest absolute Gasteiger partial charge is 0.381 e. The minimum atomic E-state index is -1.68. The Balaban J connectivity index is 1.24. The summed E-state index contributed by atoms with van der Waals surface area (Å²) in [6.45, 7) is 1.00. The molecule has 1 unspecified atom stereocenters. The number of hydrogen-bond donors (Lipinski definition) is 3. The van der Waals surface area contributed by atoms with E-state index in [9.17, 15) is 10.2 Å². The number of anilines is 1. The molecule has 2 aromatic carbocycles. The Bertz CT molecular complexity index is 1350. The van der Waals surface area contributed by atoms with Crippen molar-refractivity contribution in [3.63, 3.8) is 0 Å². The number of methoxy groups -OCH3 is 1. The topological polar surface area (TPSA) is 124 Å². The van der Waals surface area contributed by atoms with Crippen molar-refractivity contribution >= 4 is 17.0 Å². The first-order chi connectivity index (χ1) is 17.6. The number of nitrogens with zero attached hydrogens (tertiary/aromatic N) is 4. The second-order valence-electron chi connectivity index (χ2n) is 9.13. The zero-order chi connectivity index (χ0) is 24.8. The lowest BCUT2D eigenvalue weighted by atomic mass is 10.1. The highest BCUT2D eigenvalue weighted by Crippen LogP contribution is 2.64. The van der Waals surface area contributed by atoms with Gasteiger partial charge in [0.05, 0.1) is 19.5 Å². The van der Waals surface area contributed by atoms with Crippen LogP contribution in [-0.2, 0) is 27.4 Å². The van der Waals surface area contributed by atoms with Crippen molar-refractivity contribution in [3.8, 4) is 0 Å². The fourth-order valence-corrected chi connectivity index (χ4v) is 5.17. The van der Waals surface area contributed by atoms with Gasteiger partial charge in [0.2, 0.25) is 0 Å². The van der Waals surface area contributed by atoms with Crippen LogP contribution in [0.25, 0.3) is 11.2 Å². The third-order valence-corrected chi connectivity index (χ3v) is 7.05. The average Bonchev–Trinajstić information content (AvgIpc) is 3.15. The number of ether oxygens (including phenoxy) is 3. The second kappa shape index (κ2) is 8.91. The van der Waals surface area contributed by atoms with Gasteiger partial charge in [0.1, 0.15) is 18.5 Å². The van der Waals surface area contributed by atoms with E-state index in [1.807, 2.05) is 60.7 Å². The van der Waals surface area contributed by atoms with Crippen LogP contribution in [0.5, 0.6) is 0 Å². The van der Waals surface area contributed by atoms with Gasteiger partial charge >= 0.3 is 0 Å². The summed E-state index contributed by atoms with van der Waals surface area (Å²) in [6.07, 6.45) is 0.342. The van der Waals surface area contributed by atoms with Crippen molar-refractivity contribution in [2.24, 2.45) is 0 Å². The average molecular weight is 490 g/mol. The molecule has 3 N–H and O–H groups in total. The van der Waals surface area contributed by atoms with Crippen molar-refractivity contribution in [3.05, 3.63) is 84.4 Å². The summed E-state index contributed by atoms with van der Waals surface area (Å²) >= 11 is 0. The van der Waals surface area contributed by atoms with Crippen LogP contribution in [0.2, 0.25) is 0 Å². The monoisotopic (exact) mass is 489 g/mol. The molecule has 36 heavy (non-hydrogen) atoms. The lowest BCUT2D eigenvalue weighted by molar-refractivity contribution is -0.137. The maximum absolute atomic E-state index is 11.5. The summed E-state index contributed by atoms with van der Waals surface area (Å²) < 4.78 is 19.1. The molecule has 186 valence electrons. The van der Waals surface area contributed by atoms with Crippen LogP contribution < -0.4 is 5.32 Å². The van der Waals surface area contributed by atoms with Gasteiger partial charge in [-0.05, 0) is 11.1 Å². The Hall–Kier alpha value is -3.41. The third kappa shape index (κ3) is 3.49. The molecule has 6 rings (SSSR count). The molecule has 5 atom stereocenters. The molecule has 1 aliphatic heterocycles. The van der Waals surface area contributed by atoms with Crippen LogP contribution in [0.3, 0.4) is 0 Å². The highest BCUT2D eigenvalue weighted by molar-refractivity contribution is 5.82. The molecule has 0 radical (unpaired) electrons. The third-order valence-electron chi connectivity index (χ3n) is 7.05. The first-order valence-corrected chi connectivity index (χ1v) is 11.8. The minimum Gasteiger partial charge on any atom is -0.381 e. The van der Waals surface area contributed by atoms with Gasteiger partial charge in [-0.1, -0.05) is 60.7 Å². The Kier molecular flexibility index (Phi) is 5.70. The highest BCUT2D eigenvalue weighted by Gasteiger charge is 2.89. The number of aromatic nitrogens is 4. The molecular weight excluding hydrogens is 462 g/mol. The second-order valence-corrected chi connectivity index (χ2v) is 9.13. The molecule has 10 nitrogen and oxygen atoms in total. The maximum Gasteiger partial charge on any atom is 0.173 e. The van der Waals surface area contributed by atoms with Crippen molar-refractivity contribution in [2.45, 2.75) is 42.8 Å². The normalized spacial score (nSPS) is 28.8. The molecule has 2 aromatic heterocycles. The summed E-state index contributed by atoms with van der Waals surface area (Å²) in [5, 5.41) is 26.2. The summed E-state index contributed by atoms with van der Waals surface area (Å²) in [5.74, 6) is 0.560. The van der Waals surface area contributed by atoms with Crippen molar-refractivity contribution in [1.29, 1.82) is 0 Å². The summed E-state index contributed by atoms with van der Waals surface area (Å²) in [4.78, 5) is 13.2. The van der Waals surface area contributed by atoms with Crippen LogP contribution in [0.1, 0.15) is 17.4 Å². The minimum absolute atomic E-state index is 0.0789. The number of fused-ring (bicyclic) bond motifs is 2. The smallest absolute Gasteiger partial charge is 0.173 e. The molecule has 1 saturated carbocycles. The van der Waals surface area contributed by atoms with Gasteiger partial charge in [-0.2, -0.15) is 0 Å². The lowest BCUT2D eigenvalue weighted by Gasteiger charge is -2.24. The number of nitrogens with one attached hydrogen (secondary N) is 1. The standard InChI is InChI=1S/C26H27N5O5/c1-34-23-25(32)19(14-35-13-18-10-6-3-7-11-18)36-24(26(23,25)33)31-16-30-20-21(28-15-29-22(20)31)27-12-17-8-4-2-5-9-17/h2-11,15-16,19,23-24,32-33H,12-14H2,1H3,(H,27,28,29)/t19-,23?,24-,25+,26+/m1/s1. The van der Waals surface area contributed by atoms with E-state index >= 15 is 0 Å². The van der Waals surface area contributed by atoms with Crippen LogP contribution >= 0.6 is 0 Å². The fourth-order valence-electron chi connectivity index (χ4n) is 5.17. The molecule has 0 bridgehead atoms. The quantitative estimate of drug-likeness (QED) is 0.324. The van der Waals surface area contributed by atoms with Gasteiger partial charge in [-0.25, -0.2) is 15.0 Å². The fraction of sp³-hybridized carbons (Fsp3) is 0.346. The maximum atomic E-state index is 11.5. The van der Waals surface area contributed by atoms with E-state index in [0.29, 0.717) is 30.1 Å². The Morgan fingerprint density at radius 1 is 0.972 bits per heavy atom. The van der Waals surface area contributed by atoms with Crippen LogP contribution in [0.15, 0.2) is 73.3 Å². The SMILES string of the molecule is COC1[C@@]2(O)[C@@H](COCc3ccccc3)O[C@@H](n3cnc4c(NCc5ccccc5)ncnc43)[C@@]12O. The number of imidazole rings is 1. The molecule has 4 aromatic rings. The summed E-state index contributed by atoms with van der Waals surface area (Å²) in [5.41, 5.74) is -0.209. The van der Waals surface area contributed by atoms with Gasteiger partial charge in [0.25, 0.3) is 0 Å². The molecule has 0 amide bonds. The molecule has 2 fully saturated rings. The van der Waals surface area contributed by atoms with Gasteiger partial charge in [0.15, 0.2) is 34.4 Å². The Labute approximate surface area is 207 Å². The van der Waals surface area contributed by atoms with Crippen molar-refractivity contribution < 1.29 is 24.4 Å². The lowest BCUT2D eigenvalue weighted by Crippen LogP contribution is -2.36. The molecule has 10 heteroatoms. The van der Waals surface area contributed by atoms with Crippen molar-refractivity contribution in [2.75, 3.05) is 19.0 Å². The number of aliphatic hydroxyl groups is 2. The van der Waals surface area contributed by atoms with E-state index in [1.165, 1.54) is 19.8 Å². The molecule has 0 spiro atoms. The van der Waals surface area contributed by atoms with Crippen LogP contribution in [0, 0.1) is 0 Å². The van der Waals surface area contributed by atoms with Gasteiger partial charge in [-0.3, -0.25) is 4.57 Å². The predicted octanol–water partition coefficient (Wildman–Crippen LogP) is 2.04. The molecule has 3 heterocycles. The van der Waals surface area contributed by atoms with Gasteiger partial charge in [0, 0.05) is 13.7 Å². The molecular formula is C26H27N5O5. The van der Waals surface area contributed by atoms with Crippen LogP contribution in [-0.4, -0.2) is 66.9 Å². The van der Waals surface area contributed by atoms with Gasteiger partial charge in [-0.15, -0.1) is 0 Å². The molecule has 2 aliphatic rings. The van der Waals surface area contributed by atoms with E-state index in [-0.39, 0.29) is 6.61 Å². The zero-order valence-corrected chi connectivity index (χ0v) is 19.7. The van der Waals surface area contributed by atoms with E-state index in [0.717, 1.165) is 11.1 Å². The number of benzene rings is 2. The van der Waals surface area contributed by atoms with Gasteiger partial charge < -0.3 is 29.7 Å². The van der Waals surface area contributed by atoms with Crippen LogP contribution in [0.4, 0.5) is 5.82 Å². The van der Waals surface area contributed by atoms with E-state index in [4.69, 9.17) is 14.2 Å².